The van der Waals surface area contributed by atoms with Gasteiger partial charge in [-0.15, -0.1) is 0 Å². The highest BCUT2D eigenvalue weighted by Gasteiger charge is 2.15. The molecule has 0 aromatic rings. The normalized spacial score (nSPS) is 22.5. The number of ether oxygens (including phenoxy) is 2. The van der Waals surface area contributed by atoms with E-state index in [1.54, 1.807) is 0 Å². The summed E-state index contributed by atoms with van der Waals surface area (Å²) in [5.41, 5.74) is 0. The quantitative estimate of drug-likeness (QED) is 0.615. The minimum atomic E-state index is 0.637. The van der Waals surface area contributed by atoms with E-state index in [1.807, 2.05) is 0 Å². The molecule has 2 atom stereocenters. The number of nitrogens with one attached hydrogen (secondary N) is 1. The molecule has 3 heteroatoms. The first-order valence-corrected chi connectivity index (χ1v) is 6.75. The van der Waals surface area contributed by atoms with E-state index in [-0.39, 0.29) is 0 Å². The summed E-state index contributed by atoms with van der Waals surface area (Å²) in [4.78, 5) is 0. The fourth-order valence-electron chi connectivity index (χ4n) is 2.10. The third kappa shape index (κ3) is 5.83. The summed E-state index contributed by atoms with van der Waals surface area (Å²) in [6.45, 7) is 8.96. The fraction of sp³-hybridized carbons (Fsp3) is 1.00. The second-order valence-corrected chi connectivity index (χ2v) is 4.65. The topological polar surface area (TPSA) is 30.5 Å². The van der Waals surface area contributed by atoms with Gasteiger partial charge in [0.05, 0.1) is 19.8 Å². The summed E-state index contributed by atoms with van der Waals surface area (Å²) in [7, 11) is 0. The van der Waals surface area contributed by atoms with Crippen LogP contribution in [0.1, 0.15) is 39.5 Å². The van der Waals surface area contributed by atoms with Crippen LogP contribution in [0.4, 0.5) is 0 Å². The molecule has 1 heterocycles. The molecule has 0 amide bonds. The van der Waals surface area contributed by atoms with Gasteiger partial charge in [0.2, 0.25) is 0 Å². The average molecular weight is 229 g/mol. The zero-order valence-corrected chi connectivity index (χ0v) is 10.8. The Hall–Kier alpha value is -0.120. The molecule has 0 aromatic carbocycles. The molecular formula is C13H27NO2. The molecule has 0 aromatic heterocycles. The smallest absolute Gasteiger partial charge is 0.0591 e. The van der Waals surface area contributed by atoms with Gasteiger partial charge in [-0.1, -0.05) is 20.3 Å². The van der Waals surface area contributed by atoms with E-state index in [0.717, 1.165) is 33.0 Å². The van der Waals surface area contributed by atoms with E-state index in [4.69, 9.17) is 9.47 Å². The molecule has 1 rings (SSSR count). The lowest BCUT2D eigenvalue weighted by atomic mass is 10.1. The molecule has 96 valence electrons. The Kier molecular flexibility index (Phi) is 7.81. The number of hydrogen-bond acceptors (Lipinski definition) is 3. The zero-order valence-electron chi connectivity index (χ0n) is 10.8. The van der Waals surface area contributed by atoms with Crippen LogP contribution in [-0.4, -0.2) is 39.0 Å². The summed E-state index contributed by atoms with van der Waals surface area (Å²) in [5.74, 6) is 0.637. The molecular weight excluding hydrogens is 202 g/mol. The highest BCUT2D eigenvalue weighted by atomic mass is 16.5. The van der Waals surface area contributed by atoms with Gasteiger partial charge in [0.1, 0.15) is 0 Å². The largest absolute Gasteiger partial charge is 0.381 e. The highest BCUT2D eigenvalue weighted by Crippen LogP contribution is 2.11. The van der Waals surface area contributed by atoms with Gasteiger partial charge in [-0.2, -0.15) is 0 Å². The van der Waals surface area contributed by atoms with Gasteiger partial charge >= 0.3 is 0 Å². The lowest BCUT2D eigenvalue weighted by Gasteiger charge is -2.16. The Morgan fingerprint density at radius 2 is 2.31 bits per heavy atom. The van der Waals surface area contributed by atoms with Crippen molar-refractivity contribution in [3.8, 4) is 0 Å². The van der Waals surface area contributed by atoms with Crippen molar-refractivity contribution in [1.82, 2.24) is 5.32 Å². The predicted molar refractivity (Wildman–Crippen MR) is 66.7 cm³/mol. The first-order valence-electron chi connectivity index (χ1n) is 6.75. The summed E-state index contributed by atoms with van der Waals surface area (Å²) in [6, 6.07) is 0.670. The van der Waals surface area contributed by atoms with Crippen LogP contribution < -0.4 is 5.32 Å². The van der Waals surface area contributed by atoms with Crippen LogP contribution in [0.25, 0.3) is 0 Å². The lowest BCUT2D eigenvalue weighted by Crippen LogP contribution is -2.31. The van der Waals surface area contributed by atoms with Crippen molar-refractivity contribution in [2.75, 3.05) is 33.0 Å². The minimum Gasteiger partial charge on any atom is -0.381 e. The van der Waals surface area contributed by atoms with E-state index in [1.165, 1.54) is 25.7 Å². The van der Waals surface area contributed by atoms with E-state index in [0.29, 0.717) is 12.0 Å². The van der Waals surface area contributed by atoms with Gasteiger partial charge in [0, 0.05) is 25.1 Å². The van der Waals surface area contributed by atoms with Crippen LogP contribution in [0.2, 0.25) is 0 Å². The maximum absolute atomic E-state index is 5.65. The SMILES string of the molecule is CCCC(CC)NCCOCC1CCOC1. The zero-order chi connectivity index (χ0) is 11.6. The molecule has 3 nitrogen and oxygen atoms in total. The average Bonchev–Trinajstić information content (AvgIpc) is 2.80. The van der Waals surface area contributed by atoms with Crippen LogP contribution in [0, 0.1) is 5.92 Å². The predicted octanol–water partition coefficient (Wildman–Crippen LogP) is 2.21. The van der Waals surface area contributed by atoms with Crippen LogP contribution in [-0.2, 0) is 9.47 Å². The molecule has 0 radical (unpaired) electrons. The molecule has 1 saturated heterocycles. The monoisotopic (exact) mass is 229 g/mol. The molecule has 0 bridgehead atoms. The Morgan fingerprint density at radius 1 is 1.44 bits per heavy atom. The number of rotatable bonds is 9. The highest BCUT2D eigenvalue weighted by molar-refractivity contribution is 4.65. The van der Waals surface area contributed by atoms with Crippen molar-refractivity contribution in [3.05, 3.63) is 0 Å². The summed E-state index contributed by atoms with van der Waals surface area (Å²) in [5, 5.41) is 3.54. The van der Waals surface area contributed by atoms with Gasteiger partial charge in [-0.05, 0) is 19.3 Å². The van der Waals surface area contributed by atoms with Crippen molar-refractivity contribution in [1.29, 1.82) is 0 Å². The van der Waals surface area contributed by atoms with Crippen molar-refractivity contribution in [2.24, 2.45) is 5.92 Å². The molecule has 1 fully saturated rings. The second kappa shape index (κ2) is 8.97. The van der Waals surface area contributed by atoms with Crippen molar-refractivity contribution >= 4 is 0 Å². The second-order valence-electron chi connectivity index (χ2n) is 4.65. The molecule has 2 unspecified atom stereocenters. The van der Waals surface area contributed by atoms with Gasteiger partial charge in [-0.25, -0.2) is 0 Å². The van der Waals surface area contributed by atoms with Crippen molar-refractivity contribution in [2.45, 2.75) is 45.6 Å². The molecule has 0 spiro atoms. The third-order valence-electron chi connectivity index (χ3n) is 3.19. The van der Waals surface area contributed by atoms with Crippen LogP contribution in [0.15, 0.2) is 0 Å². The first kappa shape index (κ1) is 13.9. The van der Waals surface area contributed by atoms with Gasteiger partial charge in [0.15, 0.2) is 0 Å². The maximum atomic E-state index is 5.65. The Bertz CT molecular complexity index is 158. The molecule has 0 saturated carbocycles. The molecule has 1 N–H and O–H groups in total. The minimum absolute atomic E-state index is 0.637. The third-order valence-corrected chi connectivity index (χ3v) is 3.19. The van der Waals surface area contributed by atoms with Gasteiger partial charge in [-0.3, -0.25) is 0 Å². The fourth-order valence-corrected chi connectivity index (χ4v) is 2.10. The molecule has 0 aliphatic carbocycles. The molecule has 1 aliphatic heterocycles. The summed E-state index contributed by atoms with van der Waals surface area (Å²) in [6.07, 6.45) is 4.91. The van der Waals surface area contributed by atoms with Gasteiger partial charge in [0.25, 0.3) is 0 Å². The van der Waals surface area contributed by atoms with Crippen LogP contribution in [0.5, 0.6) is 0 Å². The van der Waals surface area contributed by atoms with Crippen LogP contribution >= 0.6 is 0 Å². The molecule has 16 heavy (non-hydrogen) atoms. The van der Waals surface area contributed by atoms with E-state index < -0.39 is 0 Å². The van der Waals surface area contributed by atoms with E-state index in [2.05, 4.69) is 19.2 Å². The standard InChI is InChI=1S/C13H27NO2/c1-3-5-13(4-2)14-7-9-16-11-12-6-8-15-10-12/h12-14H,3-11H2,1-2H3. The maximum Gasteiger partial charge on any atom is 0.0591 e. The van der Waals surface area contributed by atoms with E-state index in [9.17, 15) is 0 Å². The van der Waals surface area contributed by atoms with E-state index >= 15 is 0 Å². The lowest BCUT2D eigenvalue weighted by molar-refractivity contribution is 0.0898. The first-order chi connectivity index (χ1) is 7.86. The summed E-state index contributed by atoms with van der Waals surface area (Å²) >= 11 is 0. The van der Waals surface area contributed by atoms with Gasteiger partial charge < -0.3 is 14.8 Å². The Labute approximate surface area is 99.9 Å². The Balaban J connectivity index is 1.89. The summed E-state index contributed by atoms with van der Waals surface area (Å²) < 4.78 is 11.0. The Morgan fingerprint density at radius 3 is 2.94 bits per heavy atom. The molecule has 1 aliphatic rings. The van der Waals surface area contributed by atoms with Crippen LogP contribution in [0.3, 0.4) is 0 Å². The van der Waals surface area contributed by atoms with Crippen molar-refractivity contribution in [3.63, 3.8) is 0 Å². The van der Waals surface area contributed by atoms with Crippen molar-refractivity contribution < 1.29 is 9.47 Å². The number of hydrogen-bond donors (Lipinski definition) is 1.